The van der Waals surface area contributed by atoms with Crippen LogP contribution in [-0.4, -0.2) is 0 Å². The van der Waals surface area contributed by atoms with Crippen LogP contribution >= 0.6 is 0 Å². The van der Waals surface area contributed by atoms with Crippen LogP contribution in [0, 0.1) is 0 Å². The summed E-state index contributed by atoms with van der Waals surface area (Å²) >= 11 is 0. The molecule has 0 radical (unpaired) electrons. The normalized spacial score (nSPS) is 14.1. The molecule has 1 heteroatoms. The lowest BCUT2D eigenvalue weighted by molar-refractivity contribution is 0.666. The Morgan fingerprint density at radius 3 is 1.58 bits per heavy atom. The fourth-order valence-corrected chi connectivity index (χ4v) is 10.3. The largest absolute Gasteiger partial charge is 0.310 e. The molecule has 0 fully saturated rings. The van der Waals surface area contributed by atoms with Gasteiger partial charge in [0.1, 0.15) is 0 Å². The van der Waals surface area contributed by atoms with Gasteiger partial charge in [-0.2, -0.15) is 0 Å². The van der Waals surface area contributed by atoms with E-state index in [-0.39, 0.29) is 5.41 Å². The van der Waals surface area contributed by atoms with Crippen LogP contribution in [0.4, 0.5) is 17.1 Å². The molecule has 2 aliphatic rings. The highest BCUT2D eigenvalue weighted by atomic mass is 15.1. The molecule has 57 heavy (non-hydrogen) atoms. The van der Waals surface area contributed by atoms with Crippen molar-refractivity contribution in [3.63, 3.8) is 0 Å². The van der Waals surface area contributed by atoms with Crippen LogP contribution < -0.4 is 4.90 Å². The van der Waals surface area contributed by atoms with E-state index in [1.165, 1.54) is 83.2 Å². The number of hydrogen-bond acceptors (Lipinski definition) is 1. The zero-order valence-corrected chi connectivity index (χ0v) is 32.2. The van der Waals surface area contributed by atoms with Crippen LogP contribution in [0.5, 0.6) is 0 Å². The second-order valence-electron chi connectivity index (χ2n) is 16.0. The third-order valence-electron chi connectivity index (χ3n) is 12.7. The van der Waals surface area contributed by atoms with Gasteiger partial charge in [0.05, 0.1) is 11.1 Å². The van der Waals surface area contributed by atoms with Gasteiger partial charge in [-0.1, -0.05) is 196 Å². The zero-order valence-electron chi connectivity index (χ0n) is 32.2. The van der Waals surface area contributed by atoms with Gasteiger partial charge in [0, 0.05) is 22.4 Å². The number of rotatable bonds is 6. The molecular formula is C56H41N. The lowest BCUT2D eigenvalue weighted by Gasteiger charge is -2.34. The van der Waals surface area contributed by atoms with E-state index in [1.54, 1.807) is 0 Å². The van der Waals surface area contributed by atoms with E-state index in [0.717, 1.165) is 11.4 Å². The van der Waals surface area contributed by atoms with Crippen molar-refractivity contribution in [1.82, 2.24) is 0 Å². The van der Waals surface area contributed by atoms with Crippen LogP contribution in [0.1, 0.15) is 47.2 Å². The molecule has 1 nitrogen and oxygen atoms in total. The Bertz CT molecular complexity index is 2920. The fraction of sp³-hybridized carbons (Fsp3) is 0.0714. The third kappa shape index (κ3) is 4.82. The van der Waals surface area contributed by atoms with Crippen molar-refractivity contribution in [2.45, 2.75) is 24.7 Å². The molecule has 0 saturated carbocycles. The van der Waals surface area contributed by atoms with Gasteiger partial charge >= 0.3 is 0 Å². The van der Waals surface area contributed by atoms with Gasteiger partial charge in [0.15, 0.2) is 0 Å². The highest BCUT2D eigenvalue weighted by molar-refractivity contribution is 6.06. The van der Waals surface area contributed by atoms with Crippen molar-refractivity contribution in [3.8, 4) is 33.4 Å². The molecule has 0 N–H and O–H groups in total. The molecule has 0 spiro atoms. The van der Waals surface area contributed by atoms with Crippen molar-refractivity contribution in [2.75, 3.05) is 4.90 Å². The number of fused-ring (bicyclic) bond motifs is 8. The van der Waals surface area contributed by atoms with E-state index in [4.69, 9.17) is 0 Å². The molecule has 0 heterocycles. The summed E-state index contributed by atoms with van der Waals surface area (Å²) in [6.07, 6.45) is 0. The number of hydrogen-bond donors (Lipinski definition) is 0. The Hall–Kier alpha value is -6.96. The summed E-state index contributed by atoms with van der Waals surface area (Å²) in [5.41, 5.74) is 18.5. The average molecular weight is 728 g/mol. The first kappa shape index (κ1) is 33.4. The maximum atomic E-state index is 2.47. The predicted molar refractivity (Wildman–Crippen MR) is 239 cm³/mol. The quantitative estimate of drug-likeness (QED) is 0.165. The topological polar surface area (TPSA) is 3.24 Å². The van der Waals surface area contributed by atoms with Crippen LogP contribution in [0.3, 0.4) is 0 Å². The fourth-order valence-electron chi connectivity index (χ4n) is 10.3. The van der Waals surface area contributed by atoms with Gasteiger partial charge in [-0.25, -0.2) is 0 Å². The molecule has 0 saturated heterocycles. The Morgan fingerprint density at radius 2 is 0.895 bits per heavy atom. The summed E-state index contributed by atoms with van der Waals surface area (Å²) in [6.45, 7) is 4.77. The van der Waals surface area contributed by atoms with Crippen molar-refractivity contribution in [3.05, 3.63) is 246 Å². The average Bonchev–Trinajstić information content (AvgIpc) is 3.72. The summed E-state index contributed by atoms with van der Waals surface area (Å²) in [5, 5.41) is 2.57. The van der Waals surface area contributed by atoms with Crippen LogP contribution in [-0.2, 0) is 10.8 Å². The molecule has 0 aromatic heterocycles. The van der Waals surface area contributed by atoms with E-state index >= 15 is 0 Å². The standard InChI is InChI=1S/C56H41N/c1-55(2)48-30-16-14-27-46(48)53-51(37-39-19-12-13-26-45(39)54(53)55)57(42-24-10-5-11-25-42)43-35-33-38(34-36-43)44-29-18-32-50-52(44)47-28-15-17-31-49(47)56(50,40-20-6-3-7-21-40)41-22-8-4-9-23-41/h3-37H,1-2H3. The molecule has 9 aromatic carbocycles. The molecule has 0 amide bonds. The first-order chi connectivity index (χ1) is 28.1. The molecule has 2 aliphatic carbocycles. The monoisotopic (exact) mass is 727 g/mol. The maximum Gasteiger partial charge on any atom is 0.0713 e. The van der Waals surface area contributed by atoms with E-state index in [2.05, 4.69) is 231 Å². The number of benzene rings is 9. The highest BCUT2D eigenvalue weighted by Gasteiger charge is 2.47. The Morgan fingerprint density at radius 1 is 0.386 bits per heavy atom. The van der Waals surface area contributed by atoms with Gasteiger partial charge in [-0.05, 0) is 102 Å². The number of nitrogens with zero attached hydrogens (tertiary/aromatic N) is 1. The SMILES string of the molecule is CC1(C)c2ccccc2-c2c(N(c3ccccc3)c3ccc(-c4cccc5c4-c4ccccc4C5(c4ccccc4)c4ccccc4)cc3)cc3ccccc3c21. The molecule has 0 bridgehead atoms. The lowest BCUT2D eigenvalue weighted by Crippen LogP contribution is -2.28. The van der Waals surface area contributed by atoms with Gasteiger partial charge < -0.3 is 4.90 Å². The molecule has 0 unspecified atom stereocenters. The second kappa shape index (κ2) is 12.8. The minimum Gasteiger partial charge on any atom is -0.310 e. The van der Waals surface area contributed by atoms with E-state index in [9.17, 15) is 0 Å². The van der Waals surface area contributed by atoms with Crippen molar-refractivity contribution in [1.29, 1.82) is 0 Å². The van der Waals surface area contributed by atoms with E-state index < -0.39 is 5.41 Å². The molecule has 270 valence electrons. The Labute approximate surface area is 335 Å². The third-order valence-corrected chi connectivity index (χ3v) is 12.7. The summed E-state index contributed by atoms with van der Waals surface area (Å²) in [6, 6.07) is 78.5. The van der Waals surface area contributed by atoms with Crippen LogP contribution in [0.25, 0.3) is 44.2 Å². The first-order valence-electron chi connectivity index (χ1n) is 20.0. The summed E-state index contributed by atoms with van der Waals surface area (Å²) < 4.78 is 0. The van der Waals surface area contributed by atoms with Gasteiger partial charge in [0.25, 0.3) is 0 Å². The smallest absolute Gasteiger partial charge is 0.0713 e. The predicted octanol–water partition coefficient (Wildman–Crippen LogP) is 14.6. The minimum absolute atomic E-state index is 0.146. The lowest BCUT2D eigenvalue weighted by atomic mass is 9.67. The van der Waals surface area contributed by atoms with E-state index in [0.29, 0.717) is 0 Å². The second-order valence-corrected chi connectivity index (χ2v) is 16.0. The number of anilines is 3. The molecule has 9 aromatic rings. The highest BCUT2D eigenvalue weighted by Crippen LogP contribution is 2.59. The van der Waals surface area contributed by atoms with Crippen molar-refractivity contribution in [2.24, 2.45) is 0 Å². The molecule has 11 rings (SSSR count). The summed E-state index contributed by atoms with van der Waals surface area (Å²) in [4.78, 5) is 2.47. The van der Waals surface area contributed by atoms with Gasteiger partial charge in [-0.3, -0.25) is 0 Å². The molecular weight excluding hydrogens is 687 g/mol. The van der Waals surface area contributed by atoms with Gasteiger partial charge in [0.2, 0.25) is 0 Å². The summed E-state index contributed by atoms with van der Waals surface area (Å²) in [5.74, 6) is 0. The minimum atomic E-state index is -0.435. The maximum absolute atomic E-state index is 2.47. The zero-order chi connectivity index (χ0) is 38.1. The Kier molecular flexibility index (Phi) is 7.50. The van der Waals surface area contributed by atoms with Gasteiger partial charge in [-0.15, -0.1) is 0 Å². The van der Waals surface area contributed by atoms with Crippen molar-refractivity contribution >= 4 is 27.8 Å². The number of para-hydroxylation sites is 1. The molecule has 0 aliphatic heterocycles. The first-order valence-corrected chi connectivity index (χ1v) is 20.0. The van der Waals surface area contributed by atoms with Crippen LogP contribution in [0.2, 0.25) is 0 Å². The van der Waals surface area contributed by atoms with Crippen LogP contribution in [0.15, 0.2) is 212 Å². The Balaban J connectivity index is 1.12. The van der Waals surface area contributed by atoms with Crippen molar-refractivity contribution < 1.29 is 0 Å². The van der Waals surface area contributed by atoms with E-state index in [1.807, 2.05) is 0 Å². The molecule has 0 atom stereocenters. The summed E-state index contributed by atoms with van der Waals surface area (Å²) in [7, 11) is 0.